The summed E-state index contributed by atoms with van der Waals surface area (Å²) >= 11 is 12.3. The van der Waals surface area contributed by atoms with Crippen LogP contribution in [0.1, 0.15) is 26.3 Å². The van der Waals surface area contributed by atoms with Gasteiger partial charge in [0.05, 0.1) is 0 Å². The Kier molecular flexibility index (Phi) is 5.60. The van der Waals surface area contributed by atoms with Crippen LogP contribution in [0, 0.1) is 5.92 Å². The quantitative estimate of drug-likeness (QED) is 0.837. The van der Waals surface area contributed by atoms with E-state index in [1.807, 2.05) is 18.2 Å². The molecule has 1 N–H and O–H groups in total. The highest BCUT2D eigenvalue weighted by atomic mass is 35.5. The van der Waals surface area contributed by atoms with Crippen molar-refractivity contribution in [3.05, 3.63) is 33.8 Å². The molecule has 0 saturated heterocycles. The van der Waals surface area contributed by atoms with Gasteiger partial charge >= 0.3 is 0 Å². The number of benzene rings is 1. The maximum atomic E-state index is 6.13. The van der Waals surface area contributed by atoms with Crippen molar-refractivity contribution in [2.45, 2.75) is 33.2 Å². The Balaban J connectivity index is 2.59. The number of hydrogen-bond donors (Lipinski definition) is 1. The summed E-state index contributed by atoms with van der Waals surface area (Å²) in [6.45, 7) is 7.48. The van der Waals surface area contributed by atoms with Crippen LogP contribution in [0.5, 0.6) is 0 Å². The zero-order valence-electron chi connectivity index (χ0n) is 10.1. The van der Waals surface area contributed by atoms with Crippen LogP contribution in [0.3, 0.4) is 0 Å². The molecule has 1 unspecified atom stereocenters. The minimum absolute atomic E-state index is 0.518. The zero-order chi connectivity index (χ0) is 12.1. The highest BCUT2D eigenvalue weighted by Crippen LogP contribution is 2.26. The number of halogens is 2. The van der Waals surface area contributed by atoms with Crippen molar-refractivity contribution in [3.8, 4) is 0 Å². The molecule has 3 heteroatoms. The Hall–Kier alpha value is -0.240. The minimum Gasteiger partial charge on any atom is -0.314 e. The highest BCUT2D eigenvalue weighted by molar-refractivity contribution is 6.35. The monoisotopic (exact) mass is 259 g/mol. The van der Waals surface area contributed by atoms with E-state index in [1.165, 1.54) is 0 Å². The molecule has 0 heterocycles. The van der Waals surface area contributed by atoms with Crippen LogP contribution in [-0.4, -0.2) is 12.6 Å². The van der Waals surface area contributed by atoms with Gasteiger partial charge in [0.15, 0.2) is 0 Å². The first-order valence-corrected chi connectivity index (χ1v) is 6.42. The first kappa shape index (κ1) is 13.8. The Morgan fingerprint density at radius 3 is 2.19 bits per heavy atom. The largest absolute Gasteiger partial charge is 0.314 e. The maximum absolute atomic E-state index is 6.13. The second kappa shape index (κ2) is 6.48. The van der Waals surface area contributed by atoms with E-state index in [9.17, 15) is 0 Å². The van der Waals surface area contributed by atoms with Gasteiger partial charge in [0, 0.05) is 16.1 Å². The lowest BCUT2D eigenvalue weighted by atomic mass is 10.0. The Morgan fingerprint density at radius 1 is 1.12 bits per heavy atom. The third-order valence-corrected chi connectivity index (χ3v) is 3.20. The number of nitrogens with one attached hydrogen (secondary N) is 1. The summed E-state index contributed by atoms with van der Waals surface area (Å²) in [4.78, 5) is 0. The minimum atomic E-state index is 0.518. The molecule has 0 radical (unpaired) electrons. The molecule has 0 aromatic heterocycles. The van der Waals surface area contributed by atoms with E-state index in [0.29, 0.717) is 12.0 Å². The normalized spacial score (nSPS) is 13.1. The summed E-state index contributed by atoms with van der Waals surface area (Å²) < 4.78 is 0. The van der Waals surface area contributed by atoms with Gasteiger partial charge in [0.2, 0.25) is 0 Å². The smallest absolute Gasteiger partial charge is 0.0452 e. The Labute approximate surface area is 108 Å². The predicted molar refractivity (Wildman–Crippen MR) is 72.5 cm³/mol. The van der Waals surface area contributed by atoms with Crippen molar-refractivity contribution in [1.29, 1.82) is 0 Å². The molecule has 0 spiro atoms. The number of hydrogen-bond acceptors (Lipinski definition) is 1. The second-order valence-corrected chi connectivity index (χ2v) is 5.39. The van der Waals surface area contributed by atoms with Crippen LogP contribution >= 0.6 is 23.2 Å². The average molecular weight is 260 g/mol. The van der Waals surface area contributed by atoms with Crippen LogP contribution in [0.4, 0.5) is 0 Å². The summed E-state index contributed by atoms with van der Waals surface area (Å²) in [5.74, 6) is 0.528. The van der Waals surface area contributed by atoms with Crippen molar-refractivity contribution in [2.24, 2.45) is 5.92 Å². The SMILES string of the molecule is CC(CNC(C)C)Cc1c(Cl)cccc1Cl. The van der Waals surface area contributed by atoms with Gasteiger partial charge in [-0.2, -0.15) is 0 Å². The van der Waals surface area contributed by atoms with E-state index in [0.717, 1.165) is 28.6 Å². The zero-order valence-corrected chi connectivity index (χ0v) is 11.6. The lowest BCUT2D eigenvalue weighted by molar-refractivity contribution is 0.476. The van der Waals surface area contributed by atoms with E-state index in [4.69, 9.17) is 23.2 Å². The molecule has 0 aliphatic carbocycles. The fraction of sp³-hybridized carbons (Fsp3) is 0.538. The van der Waals surface area contributed by atoms with E-state index in [-0.39, 0.29) is 0 Å². The third kappa shape index (κ3) is 4.32. The standard InChI is InChI=1S/C13H19Cl2N/c1-9(2)16-8-10(3)7-11-12(14)5-4-6-13(11)15/h4-6,9-10,16H,7-8H2,1-3H3. The summed E-state index contributed by atoms with van der Waals surface area (Å²) in [7, 11) is 0. The highest BCUT2D eigenvalue weighted by Gasteiger charge is 2.10. The fourth-order valence-corrected chi connectivity index (χ4v) is 2.14. The van der Waals surface area contributed by atoms with Gasteiger partial charge in [-0.1, -0.05) is 50.0 Å². The van der Waals surface area contributed by atoms with Gasteiger partial charge in [0.1, 0.15) is 0 Å². The summed E-state index contributed by atoms with van der Waals surface area (Å²) in [5, 5.41) is 4.95. The molecular formula is C13H19Cl2N. The van der Waals surface area contributed by atoms with Crippen molar-refractivity contribution >= 4 is 23.2 Å². The van der Waals surface area contributed by atoms with Crippen LogP contribution in [0.2, 0.25) is 10.0 Å². The van der Waals surface area contributed by atoms with Gasteiger partial charge in [-0.3, -0.25) is 0 Å². The first-order chi connectivity index (χ1) is 7.50. The molecule has 0 aliphatic rings. The van der Waals surface area contributed by atoms with Gasteiger partial charge in [-0.15, -0.1) is 0 Å². The van der Waals surface area contributed by atoms with Crippen molar-refractivity contribution in [3.63, 3.8) is 0 Å². The fourth-order valence-electron chi connectivity index (χ4n) is 1.58. The number of rotatable bonds is 5. The van der Waals surface area contributed by atoms with Crippen LogP contribution in [-0.2, 0) is 6.42 Å². The maximum Gasteiger partial charge on any atom is 0.0452 e. The van der Waals surface area contributed by atoms with Gasteiger partial charge in [-0.25, -0.2) is 0 Å². The van der Waals surface area contributed by atoms with Gasteiger partial charge < -0.3 is 5.32 Å². The predicted octanol–water partition coefficient (Wildman–Crippen LogP) is 4.17. The summed E-state index contributed by atoms with van der Waals surface area (Å²) in [6, 6.07) is 6.19. The van der Waals surface area contributed by atoms with Crippen LogP contribution in [0.15, 0.2) is 18.2 Å². The van der Waals surface area contributed by atoms with Gasteiger partial charge in [-0.05, 0) is 36.6 Å². The van der Waals surface area contributed by atoms with Crippen molar-refractivity contribution in [1.82, 2.24) is 5.32 Å². The molecule has 90 valence electrons. The molecule has 1 aromatic rings. The average Bonchev–Trinajstić information content (AvgIpc) is 2.21. The lowest BCUT2D eigenvalue weighted by Gasteiger charge is -2.16. The van der Waals surface area contributed by atoms with Crippen molar-refractivity contribution in [2.75, 3.05) is 6.54 Å². The molecular weight excluding hydrogens is 241 g/mol. The molecule has 1 atom stereocenters. The molecule has 0 saturated carbocycles. The van der Waals surface area contributed by atoms with Crippen LogP contribution < -0.4 is 5.32 Å². The van der Waals surface area contributed by atoms with E-state index in [2.05, 4.69) is 26.1 Å². The molecule has 0 bridgehead atoms. The Morgan fingerprint density at radius 2 is 1.69 bits per heavy atom. The molecule has 1 nitrogen and oxygen atoms in total. The summed E-state index contributed by atoms with van der Waals surface area (Å²) in [6.07, 6.45) is 0.915. The van der Waals surface area contributed by atoms with E-state index >= 15 is 0 Å². The van der Waals surface area contributed by atoms with Gasteiger partial charge in [0.25, 0.3) is 0 Å². The molecule has 0 amide bonds. The van der Waals surface area contributed by atoms with Crippen LogP contribution in [0.25, 0.3) is 0 Å². The Bertz CT molecular complexity index is 316. The van der Waals surface area contributed by atoms with E-state index in [1.54, 1.807) is 0 Å². The third-order valence-electron chi connectivity index (χ3n) is 2.49. The second-order valence-electron chi connectivity index (χ2n) is 4.57. The molecule has 1 rings (SSSR count). The summed E-state index contributed by atoms with van der Waals surface area (Å²) in [5.41, 5.74) is 1.06. The molecule has 0 aliphatic heterocycles. The molecule has 1 aromatic carbocycles. The van der Waals surface area contributed by atoms with Crippen molar-refractivity contribution < 1.29 is 0 Å². The van der Waals surface area contributed by atoms with E-state index < -0.39 is 0 Å². The molecule has 0 fully saturated rings. The molecule has 16 heavy (non-hydrogen) atoms. The topological polar surface area (TPSA) is 12.0 Å². The first-order valence-electron chi connectivity index (χ1n) is 5.67. The lowest BCUT2D eigenvalue weighted by Crippen LogP contribution is -2.28.